The Kier molecular flexibility index (Phi) is 35.6. The third kappa shape index (κ3) is 34.7. The Morgan fingerprint density at radius 2 is 0.870 bits per heavy atom. The molecule has 0 aliphatic carbocycles. The largest absolute Gasteiger partial charge is 0.462 e. The Morgan fingerprint density at radius 3 is 1.37 bits per heavy atom. The topological polar surface area (TPSA) is 72.8 Å². The summed E-state index contributed by atoms with van der Waals surface area (Å²) in [5.41, 5.74) is 0. The molecule has 0 saturated heterocycles. The van der Waals surface area contributed by atoms with Crippen molar-refractivity contribution in [1.29, 1.82) is 0 Å². The van der Waals surface area contributed by atoms with Gasteiger partial charge in [-0.25, -0.2) is 0 Å². The summed E-state index contributed by atoms with van der Waals surface area (Å²) < 4.78 is 10.6. The fraction of sp³-hybridized carbons (Fsp3) is 0.756. The van der Waals surface area contributed by atoms with Crippen molar-refractivity contribution in [1.82, 2.24) is 0 Å². The smallest absolute Gasteiger partial charge is 0.306 e. The molecule has 5 heteroatoms. The molecule has 0 bridgehead atoms. The van der Waals surface area contributed by atoms with E-state index in [0.717, 1.165) is 70.6 Å². The molecule has 0 heterocycles. The normalized spacial score (nSPS) is 12.7. The molecule has 0 fully saturated rings. The SMILES string of the molecule is CCCCCC=CCC=CCC=CCCCCCCC(=O)O[C@@H](CO)COC(=O)CCCCCCCC=CCCCCCCCC. The first-order chi connectivity index (χ1) is 22.6. The second-order valence-corrected chi connectivity index (χ2v) is 12.6. The van der Waals surface area contributed by atoms with E-state index in [1.54, 1.807) is 0 Å². The van der Waals surface area contributed by atoms with E-state index in [1.807, 2.05) is 0 Å². The summed E-state index contributed by atoms with van der Waals surface area (Å²) in [7, 11) is 0. The highest BCUT2D eigenvalue weighted by Crippen LogP contribution is 2.11. The van der Waals surface area contributed by atoms with Gasteiger partial charge in [0.2, 0.25) is 0 Å². The minimum atomic E-state index is -0.786. The maximum absolute atomic E-state index is 12.1. The molecule has 0 spiro atoms. The van der Waals surface area contributed by atoms with Crippen LogP contribution in [0.25, 0.3) is 0 Å². The first-order valence-electron chi connectivity index (χ1n) is 19.2. The number of carbonyl (C=O) groups excluding carboxylic acids is 2. The molecule has 0 radical (unpaired) electrons. The van der Waals surface area contributed by atoms with Crippen LogP contribution in [0.4, 0.5) is 0 Å². The summed E-state index contributed by atoms with van der Waals surface area (Å²) in [5, 5.41) is 9.54. The van der Waals surface area contributed by atoms with E-state index < -0.39 is 6.10 Å². The van der Waals surface area contributed by atoms with Crippen LogP contribution in [0.5, 0.6) is 0 Å². The average molecular weight is 645 g/mol. The lowest BCUT2D eigenvalue weighted by molar-refractivity contribution is -0.161. The molecule has 0 unspecified atom stereocenters. The lowest BCUT2D eigenvalue weighted by atomic mass is 10.1. The lowest BCUT2D eigenvalue weighted by Crippen LogP contribution is -2.28. The number of allylic oxidation sites excluding steroid dienone is 8. The molecule has 5 nitrogen and oxygen atoms in total. The zero-order chi connectivity index (χ0) is 33.6. The van der Waals surface area contributed by atoms with Gasteiger partial charge in [-0.15, -0.1) is 0 Å². The number of rotatable bonds is 34. The number of aliphatic hydroxyl groups is 1. The zero-order valence-electron chi connectivity index (χ0n) is 30.1. The molecule has 0 aliphatic heterocycles. The van der Waals surface area contributed by atoms with Gasteiger partial charge in [0.05, 0.1) is 6.61 Å². The molecule has 0 aliphatic rings. The third-order valence-electron chi connectivity index (χ3n) is 8.10. The fourth-order valence-corrected chi connectivity index (χ4v) is 5.14. The van der Waals surface area contributed by atoms with Crippen molar-refractivity contribution in [2.45, 2.75) is 187 Å². The standard InChI is InChI=1S/C41H72O5/c1-3-5-7-9-11-13-15-17-19-20-22-24-26-28-30-32-34-36-41(44)46-39(37-42)38-45-40(43)35-33-31-29-27-25-23-21-18-16-14-12-10-8-6-4-2/h11,13,17-19,21-22,24,39,42H,3-10,12,14-16,20,23,25-38H2,1-2H3/t39-/m0/s1. The van der Waals surface area contributed by atoms with Gasteiger partial charge in [0.15, 0.2) is 6.10 Å². The first-order valence-corrected chi connectivity index (χ1v) is 19.2. The van der Waals surface area contributed by atoms with Crippen molar-refractivity contribution in [3.8, 4) is 0 Å². The number of ether oxygens (including phenoxy) is 2. The molecule has 1 atom stereocenters. The molecular formula is C41H72O5. The number of hydrogen-bond donors (Lipinski definition) is 1. The van der Waals surface area contributed by atoms with E-state index in [9.17, 15) is 14.7 Å². The molecular weight excluding hydrogens is 572 g/mol. The van der Waals surface area contributed by atoms with Crippen LogP contribution in [0.2, 0.25) is 0 Å². The summed E-state index contributed by atoms with van der Waals surface area (Å²) in [6.07, 6.45) is 45.9. The van der Waals surface area contributed by atoms with Gasteiger partial charge in [0.25, 0.3) is 0 Å². The van der Waals surface area contributed by atoms with Crippen LogP contribution in [-0.4, -0.2) is 36.4 Å². The molecule has 266 valence electrons. The Labute approximate surface area is 284 Å². The molecule has 0 aromatic heterocycles. The van der Waals surface area contributed by atoms with E-state index in [4.69, 9.17) is 9.47 Å². The van der Waals surface area contributed by atoms with Gasteiger partial charge in [-0.05, 0) is 77.0 Å². The summed E-state index contributed by atoms with van der Waals surface area (Å²) in [5.74, 6) is -0.627. The lowest BCUT2D eigenvalue weighted by Gasteiger charge is -2.15. The molecule has 0 amide bonds. The summed E-state index contributed by atoms with van der Waals surface area (Å²) in [4.78, 5) is 24.2. The van der Waals surface area contributed by atoms with Crippen LogP contribution in [-0.2, 0) is 19.1 Å². The second-order valence-electron chi connectivity index (χ2n) is 12.6. The third-order valence-corrected chi connectivity index (χ3v) is 8.10. The predicted molar refractivity (Wildman–Crippen MR) is 196 cm³/mol. The maximum atomic E-state index is 12.1. The Hall–Kier alpha value is -2.14. The molecule has 0 saturated carbocycles. The molecule has 0 rings (SSSR count). The van der Waals surface area contributed by atoms with Crippen molar-refractivity contribution < 1.29 is 24.2 Å². The van der Waals surface area contributed by atoms with Crippen LogP contribution in [0.3, 0.4) is 0 Å². The van der Waals surface area contributed by atoms with Gasteiger partial charge in [-0.3, -0.25) is 9.59 Å². The maximum Gasteiger partial charge on any atom is 0.306 e. The van der Waals surface area contributed by atoms with E-state index in [-0.39, 0.29) is 25.2 Å². The fourth-order valence-electron chi connectivity index (χ4n) is 5.14. The Balaban J connectivity index is 3.63. The van der Waals surface area contributed by atoms with Crippen molar-refractivity contribution in [3.63, 3.8) is 0 Å². The zero-order valence-corrected chi connectivity index (χ0v) is 30.1. The molecule has 0 aromatic carbocycles. The van der Waals surface area contributed by atoms with Gasteiger partial charge in [0, 0.05) is 12.8 Å². The van der Waals surface area contributed by atoms with Gasteiger partial charge in [0.1, 0.15) is 6.61 Å². The van der Waals surface area contributed by atoms with Crippen molar-refractivity contribution >= 4 is 11.9 Å². The van der Waals surface area contributed by atoms with Crippen LogP contribution in [0.1, 0.15) is 181 Å². The van der Waals surface area contributed by atoms with Crippen molar-refractivity contribution in [2.75, 3.05) is 13.2 Å². The number of hydrogen-bond acceptors (Lipinski definition) is 5. The first kappa shape index (κ1) is 43.9. The number of esters is 2. The van der Waals surface area contributed by atoms with Gasteiger partial charge in [-0.2, -0.15) is 0 Å². The number of aliphatic hydroxyl groups excluding tert-OH is 1. The van der Waals surface area contributed by atoms with Gasteiger partial charge < -0.3 is 14.6 Å². The van der Waals surface area contributed by atoms with Crippen molar-refractivity contribution in [3.05, 3.63) is 48.6 Å². The summed E-state index contributed by atoms with van der Waals surface area (Å²) >= 11 is 0. The van der Waals surface area contributed by atoms with Gasteiger partial charge in [-0.1, -0.05) is 140 Å². The highest BCUT2D eigenvalue weighted by molar-refractivity contribution is 5.70. The second kappa shape index (κ2) is 37.3. The van der Waals surface area contributed by atoms with Gasteiger partial charge >= 0.3 is 11.9 Å². The quantitative estimate of drug-likeness (QED) is 0.0429. The minimum Gasteiger partial charge on any atom is -0.462 e. The highest BCUT2D eigenvalue weighted by atomic mass is 16.6. The van der Waals surface area contributed by atoms with Crippen LogP contribution >= 0.6 is 0 Å². The summed E-state index contributed by atoms with van der Waals surface area (Å²) in [6.45, 7) is 4.07. The Bertz CT molecular complexity index is 782. The Morgan fingerprint density at radius 1 is 0.500 bits per heavy atom. The number of unbranched alkanes of at least 4 members (excludes halogenated alkanes) is 18. The minimum absolute atomic E-state index is 0.0799. The van der Waals surface area contributed by atoms with E-state index in [0.29, 0.717) is 12.8 Å². The van der Waals surface area contributed by atoms with Crippen LogP contribution < -0.4 is 0 Å². The highest BCUT2D eigenvalue weighted by Gasteiger charge is 2.16. The number of carbonyl (C=O) groups is 2. The predicted octanol–water partition coefficient (Wildman–Crippen LogP) is 11.8. The van der Waals surface area contributed by atoms with Crippen molar-refractivity contribution in [2.24, 2.45) is 0 Å². The molecule has 0 aromatic rings. The molecule has 46 heavy (non-hydrogen) atoms. The summed E-state index contributed by atoms with van der Waals surface area (Å²) in [6, 6.07) is 0. The van der Waals surface area contributed by atoms with E-state index >= 15 is 0 Å². The average Bonchev–Trinajstić information content (AvgIpc) is 3.06. The monoisotopic (exact) mass is 645 g/mol. The van der Waals surface area contributed by atoms with Crippen LogP contribution in [0.15, 0.2) is 48.6 Å². The van der Waals surface area contributed by atoms with E-state index in [1.165, 1.54) is 83.5 Å². The van der Waals surface area contributed by atoms with Crippen LogP contribution in [0, 0.1) is 0 Å². The molecule has 1 N–H and O–H groups in total. The van der Waals surface area contributed by atoms with E-state index in [2.05, 4.69) is 62.5 Å².